The Morgan fingerprint density at radius 1 is 1.19 bits per heavy atom. The standard InChI is InChI=1S/C20H18N4O2S/c1-13-21-11-12-24(13)15-9-7-14(8-10-15)22-18(25)20(2)19(26)23-16-5-3-4-6-17(16)27-20/h3-12H,1-2H3,(H,22,25)(H,23,26). The van der Waals surface area contributed by atoms with Crippen molar-refractivity contribution in [2.75, 3.05) is 10.6 Å². The maximum Gasteiger partial charge on any atom is 0.250 e. The fourth-order valence-corrected chi connectivity index (χ4v) is 4.03. The zero-order chi connectivity index (χ0) is 19.0. The van der Waals surface area contributed by atoms with E-state index in [4.69, 9.17) is 0 Å². The number of para-hydroxylation sites is 1. The van der Waals surface area contributed by atoms with Crippen molar-refractivity contribution in [3.05, 3.63) is 66.7 Å². The predicted molar refractivity (Wildman–Crippen MR) is 106 cm³/mol. The van der Waals surface area contributed by atoms with Gasteiger partial charge in [-0.25, -0.2) is 4.98 Å². The van der Waals surface area contributed by atoms with E-state index in [1.807, 2.05) is 66.2 Å². The van der Waals surface area contributed by atoms with Gasteiger partial charge in [-0.2, -0.15) is 0 Å². The zero-order valence-electron chi connectivity index (χ0n) is 14.9. The third-order valence-corrected chi connectivity index (χ3v) is 5.90. The van der Waals surface area contributed by atoms with Gasteiger partial charge in [0.2, 0.25) is 11.8 Å². The van der Waals surface area contributed by atoms with Crippen LogP contribution in [0.1, 0.15) is 12.7 Å². The van der Waals surface area contributed by atoms with Gasteiger partial charge in [-0.05, 0) is 50.2 Å². The van der Waals surface area contributed by atoms with E-state index in [9.17, 15) is 9.59 Å². The van der Waals surface area contributed by atoms with E-state index in [1.54, 1.807) is 13.1 Å². The van der Waals surface area contributed by atoms with E-state index in [1.165, 1.54) is 11.8 Å². The number of fused-ring (bicyclic) bond motifs is 1. The normalized spacial score (nSPS) is 18.5. The van der Waals surface area contributed by atoms with Crippen LogP contribution >= 0.6 is 11.8 Å². The van der Waals surface area contributed by atoms with E-state index >= 15 is 0 Å². The van der Waals surface area contributed by atoms with Crippen LogP contribution in [0.2, 0.25) is 0 Å². The number of hydrogen-bond donors (Lipinski definition) is 2. The molecule has 0 aliphatic carbocycles. The molecule has 1 aliphatic rings. The Hall–Kier alpha value is -3.06. The molecule has 3 aromatic rings. The van der Waals surface area contributed by atoms with Gasteiger partial charge in [-0.15, -0.1) is 0 Å². The van der Waals surface area contributed by atoms with Gasteiger partial charge < -0.3 is 15.2 Å². The summed E-state index contributed by atoms with van der Waals surface area (Å²) in [5.74, 6) is 0.202. The molecule has 1 aromatic heterocycles. The van der Waals surface area contributed by atoms with Crippen LogP contribution in [0.4, 0.5) is 11.4 Å². The van der Waals surface area contributed by atoms with Crippen LogP contribution in [0.3, 0.4) is 0 Å². The Bertz CT molecular complexity index is 1030. The summed E-state index contributed by atoms with van der Waals surface area (Å²) in [6.45, 7) is 3.56. The molecule has 1 unspecified atom stereocenters. The summed E-state index contributed by atoms with van der Waals surface area (Å²) >= 11 is 1.26. The van der Waals surface area contributed by atoms with Crippen LogP contribution in [-0.2, 0) is 9.59 Å². The number of imidazole rings is 1. The van der Waals surface area contributed by atoms with Crippen LogP contribution in [0.5, 0.6) is 0 Å². The summed E-state index contributed by atoms with van der Waals surface area (Å²) < 4.78 is 0.711. The van der Waals surface area contributed by atoms with Gasteiger partial charge in [0.25, 0.3) is 0 Å². The van der Waals surface area contributed by atoms with Crippen molar-refractivity contribution in [3.63, 3.8) is 0 Å². The van der Waals surface area contributed by atoms with Gasteiger partial charge in [-0.3, -0.25) is 9.59 Å². The van der Waals surface area contributed by atoms with Gasteiger partial charge in [0.05, 0.1) is 5.69 Å². The minimum atomic E-state index is -1.24. The van der Waals surface area contributed by atoms with Crippen LogP contribution in [0.15, 0.2) is 65.8 Å². The van der Waals surface area contributed by atoms with Gasteiger partial charge in [0.15, 0.2) is 4.75 Å². The lowest BCUT2D eigenvalue weighted by atomic mass is 10.1. The zero-order valence-corrected chi connectivity index (χ0v) is 15.7. The highest BCUT2D eigenvalue weighted by molar-refractivity contribution is 8.02. The minimum absolute atomic E-state index is 0.325. The molecule has 0 bridgehead atoms. The molecular formula is C20H18N4O2S. The molecule has 7 heteroatoms. The topological polar surface area (TPSA) is 76.0 Å². The van der Waals surface area contributed by atoms with E-state index in [2.05, 4.69) is 15.6 Å². The highest BCUT2D eigenvalue weighted by atomic mass is 32.2. The molecular weight excluding hydrogens is 360 g/mol. The molecule has 0 saturated heterocycles. The Morgan fingerprint density at radius 3 is 2.63 bits per heavy atom. The molecule has 0 fully saturated rings. The first kappa shape index (κ1) is 17.4. The molecule has 27 heavy (non-hydrogen) atoms. The number of carbonyl (C=O) groups excluding carboxylic acids is 2. The van der Waals surface area contributed by atoms with E-state index in [-0.39, 0.29) is 11.8 Å². The monoisotopic (exact) mass is 378 g/mol. The Kier molecular flexibility index (Phi) is 4.24. The molecule has 2 heterocycles. The van der Waals surface area contributed by atoms with Crippen molar-refractivity contribution in [3.8, 4) is 5.69 Å². The Balaban J connectivity index is 1.54. The molecule has 1 atom stereocenters. The van der Waals surface area contributed by atoms with Gasteiger partial charge >= 0.3 is 0 Å². The minimum Gasteiger partial charge on any atom is -0.324 e. The van der Waals surface area contributed by atoms with Crippen molar-refractivity contribution in [1.82, 2.24) is 9.55 Å². The first-order valence-corrected chi connectivity index (χ1v) is 9.30. The molecule has 2 amide bonds. The number of aryl methyl sites for hydroxylation is 1. The Morgan fingerprint density at radius 2 is 1.93 bits per heavy atom. The molecule has 0 spiro atoms. The third-order valence-electron chi connectivity index (χ3n) is 4.55. The molecule has 6 nitrogen and oxygen atoms in total. The third kappa shape index (κ3) is 3.10. The number of anilines is 2. The fraction of sp³-hybridized carbons (Fsp3) is 0.150. The number of amides is 2. The molecule has 0 saturated carbocycles. The van der Waals surface area contributed by atoms with Crippen LogP contribution < -0.4 is 10.6 Å². The van der Waals surface area contributed by atoms with Gasteiger partial charge in [-0.1, -0.05) is 23.9 Å². The highest BCUT2D eigenvalue weighted by Crippen LogP contribution is 2.42. The molecule has 136 valence electrons. The Labute approximate surface area is 161 Å². The van der Waals surface area contributed by atoms with Crippen LogP contribution in [0.25, 0.3) is 5.69 Å². The second-order valence-corrected chi connectivity index (χ2v) is 7.89. The fourth-order valence-electron chi connectivity index (χ4n) is 2.92. The number of rotatable bonds is 3. The molecule has 2 N–H and O–H groups in total. The van der Waals surface area contributed by atoms with Crippen molar-refractivity contribution in [2.45, 2.75) is 23.5 Å². The predicted octanol–water partition coefficient (Wildman–Crippen LogP) is 3.62. The molecule has 2 aromatic carbocycles. The summed E-state index contributed by atoms with van der Waals surface area (Å²) in [5, 5.41) is 5.68. The number of hydrogen-bond acceptors (Lipinski definition) is 4. The number of thioether (sulfide) groups is 1. The smallest absolute Gasteiger partial charge is 0.250 e. The van der Waals surface area contributed by atoms with E-state index in [0.29, 0.717) is 5.69 Å². The number of benzene rings is 2. The largest absolute Gasteiger partial charge is 0.324 e. The summed E-state index contributed by atoms with van der Waals surface area (Å²) in [6.07, 6.45) is 3.62. The number of nitrogens with one attached hydrogen (secondary N) is 2. The van der Waals surface area contributed by atoms with Crippen molar-refractivity contribution >= 4 is 35.0 Å². The van der Waals surface area contributed by atoms with Gasteiger partial charge in [0.1, 0.15) is 5.82 Å². The first-order valence-electron chi connectivity index (χ1n) is 8.49. The maximum absolute atomic E-state index is 12.9. The van der Waals surface area contributed by atoms with E-state index < -0.39 is 4.75 Å². The van der Waals surface area contributed by atoms with Crippen molar-refractivity contribution in [1.29, 1.82) is 0 Å². The molecule has 1 aliphatic heterocycles. The number of carbonyl (C=O) groups is 2. The second-order valence-electron chi connectivity index (χ2n) is 6.43. The summed E-state index contributed by atoms with van der Waals surface area (Å²) in [7, 11) is 0. The lowest BCUT2D eigenvalue weighted by molar-refractivity contribution is -0.126. The lowest BCUT2D eigenvalue weighted by Gasteiger charge is -2.31. The number of nitrogens with zero attached hydrogens (tertiary/aromatic N) is 2. The average Bonchev–Trinajstić information content (AvgIpc) is 3.09. The van der Waals surface area contributed by atoms with Crippen molar-refractivity contribution in [2.24, 2.45) is 0 Å². The van der Waals surface area contributed by atoms with Crippen molar-refractivity contribution < 1.29 is 9.59 Å². The van der Waals surface area contributed by atoms with E-state index in [0.717, 1.165) is 22.1 Å². The second kappa shape index (κ2) is 6.59. The molecule has 4 rings (SSSR count). The summed E-state index contributed by atoms with van der Waals surface area (Å²) in [5.41, 5.74) is 2.32. The molecule has 0 radical (unpaired) electrons. The van der Waals surface area contributed by atoms with Gasteiger partial charge in [0, 0.05) is 28.7 Å². The number of aromatic nitrogens is 2. The maximum atomic E-state index is 12.9. The summed E-state index contributed by atoms with van der Waals surface area (Å²) in [4.78, 5) is 30.5. The summed E-state index contributed by atoms with van der Waals surface area (Å²) in [6, 6.07) is 14.9. The van der Waals surface area contributed by atoms with Crippen LogP contribution in [-0.4, -0.2) is 26.1 Å². The quantitative estimate of drug-likeness (QED) is 0.683. The average molecular weight is 378 g/mol. The first-order chi connectivity index (χ1) is 13.0. The SMILES string of the molecule is Cc1nccn1-c1ccc(NC(=O)C2(C)Sc3ccccc3NC2=O)cc1. The lowest BCUT2D eigenvalue weighted by Crippen LogP contribution is -2.49. The van der Waals surface area contributed by atoms with Crippen LogP contribution in [0, 0.1) is 6.92 Å². The highest BCUT2D eigenvalue weighted by Gasteiger charge is 2.45.